The Morgan fingerprint density at radius 1 is 1.07 bits per heavy atom. The SMILES string of the molecule is COc1ccc(OC)c(C2NC(=O)NC(C)=C2C(=O)Nc2cccc(C)c2)c1. The van der Waals surface area contributed by atoms with Gasteiger partial charge in [0, 0.05) is 16.9 Å². The highest BCUT2D eigenvalue weighted by molar-refractivity contribution is 6.06. The molecule has 146 valence electrons. The number of amides is 3. The Morgan fingerprint density at radius 3 is 2.54 bits per heavy atom. The minimum Gasteiger partial charge on any atom is -0.497 e. The molecule has 0 aromatic heterocycles. The van der Waals surface area contributed by atoms with E-state index in [4.69, 9.17) is 9.47 Å². The first-order valence-electron chi connectivity index (χ1n) is 8.81. The molecule has 0 fully saturated rings. The lowest BCUT2D eigenvalue weighted by Crippen LogP contribution is -2.46. The van der Waals surface area contributed by atoms with Crippen molar-refractivity contribution in [3.63, 3.8) is 0 Å². The Hall–Kier alpha value is -3.48. The Balaban J connectivity index is 2.03. The van der Waals surface area contributed by atoms with Gasteiger partial charge in [-0.2, -0.15) is 0 Å². The average Bonchev–Trinajstić information content (AvgIpc) is 2.66. The molecule has 1 aliphatic heterocycles. The lowest BCUT2D eigenvalue weighted by atomic mass is 9.93. The van der Waals surface area contributed by atoms with Gasteiger partial charge in [-0.05, 0) is 49.7 Å². The van der Waals surface area contributed by atoms with Gasteiger partial charge in [0.15, 0.2) is 0 Å². The van der Waals surface area contributed by atoms with Crippen LogP contribution in [0.5, 0.6) is 11.5 Å². The fraction of sp³-hybridized carbons (Fsp3) is 0.238. The lowest BCUT2D eigenvalue weighted by molar-refractivity contribution is -0.113. The molecule has 1 heterocycles. The maximum atomic E-state index is 13.1. The van der Waals surface area contributed by atoms with Gasteiger partial charge >= 0.3 is 6.03 Å². The molecule has 2 aromatic rings. The second kappa shape index (κ2) is 8.04. The van der Waals surface area contributed by atoms with Crippen molar-refractivity contribution in [1.82, 2.24) is 10.6 Å². The van der Waals surface area contributed by atoms with Crippen molar-refractivity contribution < 1.29 is 19.1 Å². The maximum absolute atomic E-state index is 13.1. The summed E-state index contributed by atoms with van der Waals surface area (Å²) < 4.78 is 10.8. The number of ether oxygens (including phenoxy) is 2. The van der Waals surface area contributed by atoms with Crippen molar-refractivity contribution in [2.24, 2.45) is 0 Å². The number of rotatable bonds is 5. The van der Waals surface area contributed by atoms with E-state index < -0.39 is 6.04 Å². The molecular weight excluding hydrogens is 358 g/mol. The average molecular weight is 381 g/mol. The third-order valence-electron chi connectivity index (χ3n) is 4.54. The predicted octanol–water partition coefficient (Wildman–Crippen LogP) is 3.28. The largest absolute Gasteiger partial charge is 0.497 e. The molecule has 28 heavy (non-hydrogen) atoms. The van der Waals surface area contributed by atoms with E-state index in [9.17, 15) is 9.59 Å². The molecule has 0 saturated heterocycles. The molecule has 0 spiro atoms. The zero-order valence-corrected chi connectivity index (χ0v) is 16.3. The summed E-state index contributed by atoms with van der Waals surface area (Å²) >= 11 is 0. The Morgan fingerprint density at radius 2 is 1.86 bits per heavy atom. The van der Waals surface area contributed by atoms with E-state index in [-0.39, 0.29) is 11.9 Å². The molecule has 0 saturated carbocycles. The van der Waals surface area contributed by atoms with Crippen LogP contribution in [0.15, 0.2) is 53.7 Å². The van der Waals surface area contributed by atoms with Crippen LogP contribution in [-0.4, -0.2) is 26.2 Å². The molecule has 7 nitrogen and oxygen atoms in total. The van der Waals surface area contributed by atoms with Gasteiger partial charge in [0.05, 0.1) is 25.8 Å². The molecule has 0 radical (unpaired) electrons. The van der Waals surface area contributed by atoms with Crippen LogP contribution in [-0.2, 0) is 4.79 Å². The van der Waals surface area contributed by atoms with E-state index >= 15 is 0 Å². The molecule has 0 bridgehead atoms. The quantitative estimate of drug-likeness (QED) is 0.742. The Labute approximate surface area is 163 Å². The van der Waals surface area contributed by atoms with Crippen LogP contribution in [0.3, 0.4) is 0 Å². The number of hydrogen-bond donors (Lipinski definition) is 3. The van der Waals surface area contributed by atoms with Crippen LogP contribution >= 0.6 is 0 Å². The summed E-state index contributed by atoms with van der Waals surface area (Å²) in [6, 6.07) is 11.7. The fourth-order valence-electron chi connectivity index (χ4n) is 3.21. The number of anilines is 1. The molecule has 3 amide bonds. The summed E-state index contributed by atoms with van der Waals surface area (Å²) in [5, 5.41) is 8.39. The Kier molecular flexibility index (Phi) is 5.54. The van der Waals surface area contributed by atoms with Crippen molar-refractivity contribution in [2.45, 2.75) is 19.9 Å². The summed E-state index contributed by atoms with van der Waals surface area (Å²) in [6.45, 7) is 3.65. The molecule has 0 aliphatic carbocycles. The third-order valence-corrected chi connectivity index (χ3v) is 4.54. The summed E-state index contributed by atoms with van der Waals surface area (Å²) in [4.78, 5) is 25.2. The Bertz CT molecular complexity index is 952. The van der Waals surface area contributed by atoms with Crippen molar-refractivity contribution in [1.29, 1.82) is 0 Å². The molecular formula is C21H23N3O4. The van der Waals surface area contributed by atoms with Crippen molar-refractivity contribution in [2.75, 3.05) is 19.5 Å². The number of benzene rings is 2. The number of carbonyl (C=O) groups is 2. The number of urea groups is 1. The van der Waals surface area contributed by atoms with Gasteiger partial charge < -0.3 is 25.4 Å². The summed E-state index contributed by atoms with van der Waals surface area (Å²) in [5.41, 5.74) is 3.21. The standard InChI is InChI=1S/C21H23N3O4/c1-12-6-5-7-14(10-12)23-20(25)18-13(2)22-21(26)24-19(18)16-11-15(27-3)8-9-17(16)28-4/h5-11,19H,1-4H3,(H,23,25)(H2,22,24,26). The molecule has 3 N–H and O–H groups in total. The molecule has 7 heteroatoms. The van der Waals surface area contributed by atoms with Crippen LogP contribution in [0.4, 0.5) is 10.5 Å². The summed E-state index contributed by atoms with van der Waals surface area (Å²) in [7, 11) is 3.09. The fourth-order valence-corrected chi connectivity index (χ4v) is 3.21. The van der Waals surface area contributed by atoms with Crippen molar-refractivity contribution in [3.05, 3.63) is 64.9 Å². The molecule has 2 aromatic carbocycles. The number of nitrogens with one attached hydrogen (secondary N) is 3. The first kappa shape index (κ1) is 19.3. The van der Waals surface area contributed by atoms with E-state index in [0.717, 1.165) is 5.56 Å². The molecule has 1 aliphatic rings. The van der Waals surface area contributed by atoms with Crippen LogP contribution < -0.4 is 25.4 Å². The van der Waals surface area contributed by atoms with Gasteiger partial charge in [0.1, 0.15) is 11.5 Å². The number of carbonyl (C=O) groups excluding carboxylic acids is 2. The van der Waals surface area contributed by atoms with E-state index in [1.54, 1.807) is 32.2 Å². The number of aryl methyl sites for hydroxylation is 1. The minimum absolute atomic E-state index is 0.314. The van der Waals surface area contributed by atoms with Crippen molar-refractivity contribution in [3.8, 4) is 11.5 Å². The zero-order chi connectivity index (χ0) is 20.3. The second-order valence-corrected chi connectivity index (χ2v) is 6.50. The monoisotopic (exact) mass is 381 g/mol. The first-order valence-corrected chi connectivity index (χ1v) is 8.81. The highest BCUT2D eigenvalue weighted by Crippen LogP contribution is 2.35. The zero-order valence-electron chi connectivity index (χ0n) is 16.3. The first-order chi connectivity index (χ1) is 13.4. The van der Waals surface area contributed by atoms with Gasteiger partial charge in [0.25, 0.3) is 5.91 Å². The second-order valence-electron chi connectivity index (χ2n) is 6.50. The van der Waals surface area contributed by atoms with E-state index in [1.807, 2.05) is 31.2 Å². The maximum Gasteiger partial charge on any atom is 0.319 e. The highest BCUT2D eigenvalue weighted by atomic mass is 16.5. The minimum atomic E-state index is -0.691. The van der Waals surface area contributed by atoms with Crippen LogP contribution in [0.25, 0.3) is 0 Å². The smallest absolute Gasteiger partial charge is 0.319 e. The van der Waals surface area contributed by atoms with Crippen LogP contribution in [0, 0.1) is 6.92 Å². The van der Waals surface area contributed by atoms with E-state index in [1.165, 1.54) is 7.11 Å². The van der Waals surface area contributed by atoms with Crippen molar-refractivity contribution >= 4 is 17.6 Å². The van der Waals surface area contributed by atoms with Crippen LogP contribution in [0.1, 0.15) is 24.1 Å². The lowest BCUT2D eigenvalue weighted by Gasteiger charge is -2.29. The van der Waals surface area contributed by atoms with E-state index in [0.29, 0.717) is 34.0 Å². The number of allylic oxidation sites excluding steroid dienone is 1. The van der Waals surface area contributed by atoms with Gasteiger partial charge in [-0.3, -0.25) is 4.79 Å². The highest BCUT2D eigenvalue weighted by Gasteiger charge is 2.33. The normalized spacial score (nSPS) is 16.1. The van der Waals surface area contributed by atoms with Gasteiger partial charge in [0.2, 0.25) is 0 Å². The summed E-state index contributed by atoms with van der Waals surface area (Å²) in [5.74, 6) is 0.826. The van der Waals surface area contributed by atoms with Gasteiger partial charge in [-0.15, -0.1) is 0 Å². The predicted molar refractivity (Wildman–Crippen MR) is 106 cm³/mol. The van der Waals surface area contributed by atoms with E-state index in [2.05, 4.69) is 16.0 Å². The summed E-state index contributed by atoms with van der Waals surface area (Å²) in [6.07, 6.45) is 0. The molecule has 1 unspecified atom stereocenters. The topological polar surface area (TPSA) is 88.7 Å². The molecule has 3 rings (SSSR count). The molecule has 1 atom stereocenters. The number of hydrogen-bond acceptors (Lipinski definition) is 4. The third kappa shape index (κ3) is 3.93. The van der Waals surface area contributed by atoms with Crippen LogP contribution in [0.2, 0.25) is 0 Å². The van der Waals surface area contributed by atoms with Gasteiger partial charge in [-0.1, -0.05) is 12.1 Å². The van der Waals surface area contributed by atoms with Gasteiger partial charge in [-0.25, -0.2) is 4.79 Å². The number of methoxy groups -OCH3 is 2.